The molecule has 0 fully saturated rings. The van der Waals surface area contributed by atoms with Crippen LogP contribution >= 0.6 is 12.2 Å². The number of benzene rings is 1. The van der Waals surface area contributed by atoms with Gasteiger partial charge >= 0.3 is 0 Å². The molecule has 1 aromatic heterocycles. The van der Waals surface area contributed by atoms with Crippen molar-refractivity contribution >= 4 is 35.2 Å². The second kappa shape index (κ2) is 9.88. The number of nitrogens with one attached hydrogen (secondary N) is 3. The highest BCUT2D eigenvalue weighted by Crippen LogP contribution is 2.27. The van der Waals surface area contributed by atoms with Crippen LogP contribution in [-0.2, 0) is 4.79 Å². The van der Waals surface area contributed by atoms with Crippen molar-refractivity contribution in [1.29, 1.82) is 0 Å². The van der Waals surface area contributed by atoms with Crippen molar-refractivity contribution in [3.63, 3.8) is 0 Å². The molecule has 2 amide bonds. The normalized spacial score (nSPS) is 10.1. The molecule has 0 bridgehead atoms. The van der Waals surface area contributed by atoms with E-state index in [1.807, 2.05) is 0 Å². The summed E-state index contributed by atoms with van der Waals surface area (Å²) in [5.41, 5.74) is 5.98. The largest absolute Gasteiger partial charge is 0.493 e. The standard InChI is InChI=1S/C18H18N4O4S/c1-25-14-5-3-12(11-15(14)26-2)4-6-16(23)20-18(27)22-21-17(24)13-7-9-19-10-8-13/h3-11H,1-2H3,(H,21,24)(H2,20,22,23,27)/b6-4+. The molecule has 140 valence electrons. The molecule has 1 aromatic carbocycles. The maximum absolute atomic E-state index is 11.9. The molecule has 0 saturated heterocycles. The van der Waals surface area contributed by atoms with Crippen LogP contribution in [0.2, 0.25) is 0 Å². The first-order valence-corrected chi connectivity index (χ1v) is 8.15. The number of hydrazine groups is 1. The topological polar surface area (TPSA) is 102 Å². The van der Waals surface area contributed by atoms with Gasteiger partial charge in [0.05, 0.1) is 14.2 Å². The number of pyridine rings is 1. The average molecular weight is 386 g/mol. The Morgan fingerprint density at radius 3 is 2.41 bits per heavy atom. The molecule has 0 atom stereocenters. The first-order chi connectivity index (χ1) is 13.0. The Morgan fingerprint density at radius 2 is 1.74 bits per heavy atom. The Balaban J connectivity index is 1.85. The van der Waals surface area contributed by atoms with Gasteiger partial charge < -0.3 is 9.47 Å². The summed E-state index contributed by atoms with van der Waals surface area (Å²) in [5, 5.41) is 2.38. The van der Waals surface area contributed by atoms with E-state index in [4.69, 9.17) is 21.7 Å². The Labute approximate surface area is 161 Å². The molecule has 0 radical (unpaired) electrons. The summed E-state index contributed by atoms with van der Waals surface area (Å²) in [5.74, 6) is 0.279. The highest BCUT2D eigenvalue weighted by molar-refractivity contribution is 7.80. The monoisotopic (exact) mass is 386 g/mol. The lowest BCUT2D eigenvalue weighted by molar-refractivity contribution is -0.115. The number of aromatic nitrogens is 1. The van der Waals surface area contributed by atoms with E-state index >= 15 is 0 Å². The van der Waals surface area contributed by atoms with E-state index in [9.17, 15) is 9.59 Å². The van der Waals surface area contributed by atoms with Gasteiger partial charge in [0.25, 0.3) is 5.91 Å². The van der Waals surface area contributed by atoms with Crippen LogP contribution in [0.1, 0.15) is 15.9 Å². The SMILES string of the molecule is COc1ccc(/C=C/C(=O)NC(=S)NNC(=O)c2ccncc2)cc1OC. The van der Waals surface area contributed by atoms with Gasteiger partial charge in [-0.2, -0.15) is 0 Å². The van der Waals surface area contributed by atoms with Gasteiger partial charge in [-0.3, -0.25) is 30.7 Å². The van der Waals surface area contributed by atoms with Crippen LogP contribution in [0.25, 0.3) is 6.08 Å². The number of methoxy groups -OCH3 is 2. The molecule has 3 N–H and O–H groups in total. The van der Waals surface area contributed by atoms with Gasteiger partial charge in [0, 0.05) is 24.0 Å². The highest BCUT2D eigenvalue weighted by atomic mass is 32.1. The summed E-state index contributed by atoms with van der Waals surface area (Å²) in [4.78, 5) is 27.6. The maximum Gasteiger partial charge on any atom is 0.269 e. The zero-order chi connectivity index (χ0) is 19.6. The van der Waals surface area contributed by atoms with Crippen LogP contribution in [0.3, 0.4) is 0 Å². The van der Waals surface area contributed by atoms with Crippen molar-refractivity contribution < 1.29 is 19.1 Å². The second-order valence-electron chi connectivity index (χ2n) is 5.08. The molecule has 0 saturated carbocycles. The summed E-state index contributed by atoms with van der Waals surface area (Å²) >= 11 is 4.96. The predicted molar refractivity (Wildman–Crippen MR) is 104 cm³/mol. The Bertz CT molecular complexity index is 856. The van der Waals surface area contributed by atoms with Crippen molar-refractivity contribution in [2.24, 2.45) is 0 Å². The number of hydrogen-bond acceptors (Lipinski definition) is 6. The van der Waals surface area contributed by atoms with E-state index in [-0.39, 0.29) is 5.11 Å². The minimum atomic E-state index is -0.458. The van der Waals surface area contributed by atoms with Gasteiger partial charge in [-0.1, -0.05) is 6.07 Å². The van der Waals surface area contributed by atoms with Gasteiger partial charge in [-0.05, 0) is 48.1 Å². The van der Waals surface area contributed by atoms with Crippen molar-refractivity contribution in [3.8, 4) is 11.5 Å². The quantitative estimate of drug-likeness (QED) is 0.406. The predicted octanol–water partition coefficient (Wildman–Crippen LogP) is 1.45. The molecule has 0 aliphatic heterocycles. The molecule has 9 heteroatoms. The molecule has 27 heavy (non-hydrogen) atoms. The molecule has 8 nitrogen and oxygen atoms in total. The minimum Gasteiger partial charge on any atom is -0.493 e. The third kappa shape index (κ3) is 6.08. The number of hydrogen-bond donors (Lipinski definition) is 3. The van der Waals surface area contributed by atoms with Crippen LogP contribution in [0.4, 0.5) is 0 Å². The molecule has 1 heterocycles. The number of amides is 2. The number of ether oxygens (including phenoxy) is 2. The van der Waals surface area contributed by atoms with E-state index in [2.05, 4.69) is 21.2 Å². The summed E-state index contributed by atoms with van der Waals surface area (Å²) < 4.78 is 10.4. The Morgan fingerprint density at radius 1 is 1.04 bits per heavy atom. The third-order valence-corrected chi connectivity index (χ3v) is 3.51. The fraction of sp³-hybridized carbons (Fsp3) is 0.111. The average Bonchev–Trinajstić information content (AvgIpc) is 2.70. The lowest BCUT2D eigenvalue weighted by atomic mass is 10.2. The van der Waals surface area contributed by atoms with Gasteiger partial charge in [0.2, 0.25) is 5.91 Å². The number of carbonyl (C=O) groups excluding carboxylic acids is 2. The van der Waals surface area contributed by atoms with Crippen LogP contribution < -0.4 is 25.6 Å². The van der Waals surface area contributed by atoms with E-state index in [0.717, 1.165) is 5.56 Å². The van der Waals surface area contributed by atoms with Crippen molar-refractivity contribution in [2.75, 3.05) is 14.2 Å². The van der Waals surface area contributed by atoms with E-state index in [1.165, 1.54) is 25.6 Å². The molecule has 0 aliphatic rings. The number of nitrogens with zero attached hydrogens (tertiary/aromatic N) is 1. The molecule has 2 rings (SSSR count). The zero-order valence-electron chi connectivity index (χ0n) is 14.7. The lowest BCUT2D eigenvalue weighted by Crippen LogP contribution is -2.48. The van der Waals surface area contributed by atoms with Crippen LogP contribution in [-0.4, -0.2) is 36.1 Å². The van der Waals surface area contributed by atoms with Crippen molar-refractivity contribution in [1.82, 2.24) is 21.2 Å². The van der Waals surface area contributed by atoms with Crippen LogP contribution in [0.15, 0.2) is 48.8 Å². The summed E-state index contributed by atoms with van der Waals surface area (Å²) in [6.07, 6.45) is 5.89. The smallest absolute Gasteiger partial charge is 0.269 e. The first kappa shape index (κ1) is 19.9. The maximum atomic E-state index is 11.9. The second-order valence-corrected chi connectivity index (χ2v) is 5.49. The molecular formula is C18H18N4O4S. The fourth-order valence-electron chi connectivity index (χ4n) is 2.00. The molecular weight excluding hydrogens is 368 g/mol. The summed E-state index contributed by atoms with van der Waals surface area (Å²) in [6, 6.07) is 8.33. The van der Waals surface area contributed by atoms with Crippen LogP contribution in [0.5, 0.6) is 11.5 Å². The van der Waals surface area contributed by atoms with E-state index in [0.29, 0.717) is 17.1 Å². The number of thiocarbonyl (C=S) groups is 1. The van der Waals surface area contributed by atoms with E-state index < -0.39 is 11.8 Å². The Hall–Kier alpha value is -3.46. The summed E-state index contributed by atoms with van der Waals surface area (Å²) in [7, 11) is 3.07. The van der Waals surface area contributed by atoms with Gasteiger partial charge in [0.15, 0.2) is 16.6 Å². The molecule has 0 spiro atoms. The number of carbonyl (C=O) groups is 2. The zero-order valence-corrected chi connectivity index (χ0v) is 15.5. The van der Waals surface area contributed by atoms with Gasteiger partial charge in [0.1, 0.15) is 0 Å². The van der Waals surface area contributed by atoms with E-state index in [1.54, 1.807) is 43.5 Å². The highest BCUT2D eigenvalue weighted by Gasteiger charge is 2.06. The molecule has 0 unspecified atom stereocenters. The molecule has 0 aliphatic carbocycles. The van der Waals surface area contributed by atoms with Crippen molar-refractivity contribution in [2.45, 2.75) is 0 Å². The third-order valence-electron chi connectivity index (χ3n) is 3.30. The van der Waals surface area contributed by atoms with Crippen molar-refractivity contribution in [3.05, 3.63) is 59.9 Å². The van der Waals surface area contributed by atoms with Gasteiger partial charge in [-0.15, -0.1) is 0 Å². The summed E-state index contributed by atoms with van der Waals surface area (Å²) in [6.45, 7) is 0. The fourth-order valence-corrected chi connectivity index (χ4v) is 2.15. The lowest BCUT2D eigenvalue weighted by Gasteiger charge is -2.09. The first-order valence-electron chi connectivity index (χ1n) is 7.75. The van der Waals surface area contributed by atoms with Gasteiger partial charge in [-0.25, -0.2) is 0 Å². The minimum absolute atomic E-state index is 0.0423. The number of rotatable bonds is 5. The molecule has 2 aromatic rings. The Kier molecular flexibility index (Phi) is 7.26. The van der Waals surface area contributed by atoms with Crippen LogP contribution in [0, 0.1) is 0 Å².